The van der Waals surface area contributed by atoms with Crippen molar-refractivity contribution >= 4 is 45.0 Å². The Morgan fingerprint density at radius 2 is 2.05 bits per heavy atom. The van der Waals surface area contributed by atoms with Gasteiger partial charge < -0.3 is 10.1 Å². The van der Waals surface area contributed by atoms with Crippen LogP contribution in [-0.2, 0) is 6.54 Å². The molecule has 0 bridgehead atoms. The molecule has 0 spiro atoms. The zero-order chi connectivity index (χ0) is 15.4. The Labute approximate surface area is 141 Å². The van der Waals surface area contributed by atoms with E-state index in [4.69, 9.17) is 27.9 Å². The van der Waals surface area contributed by atoms with Crippen molar-refractivity contribution in [1.82, 2.24) is 5.32 Å². The van der Waals surface area contributed by atoms with Gasteiger partial charge in [0.25, 0.3) is 5.91 Å². The third-order valence-corrected chi connectivity index (χ3v) is 4.14. The molecular formula is C15H12BrCl2NO2. The third-order valence-electron chi connectivity index (χ3n) is 2.90. The van der Waals surface area contributed by atoms with Gasteiger partial charge in [-0.25, -0.2) is 0 Å². The smallest absolute Gasteiger partial charge is 0.252 e. The van der Waals surface area contributed by atoms with Crippen LogP contribution in [0, 0.1) is 0 Å². The van der Waals surface area contributed by atoms with Crippen LogP contribution in [0.15, 0.2) is 40.9 Å². The second-order valence-corrected chi connectivity index (χ2v) is 5.93. The third kappa shape index (κ3) is 3.90. The van der Waals surface area contributed by atoms with Crippen molar-refractivity contribution in [3.05, 3.63) is 62.0 Å². The molecule has 0 aliphatic heterocycles. The summed E-state index contributed by atoms with van der Waals surface area (Å²) in [7, 11) is 1.56. The highest BCUT2D eigenvalue weighted by atomic mass is 79.9. The number of benzene rings is 2. The van der Waals surface area contributed by atoms with Crippen LogP contribution in [0.3, 0.4) is 0 Å². The summed E-state index contributed by atoms with van der Waals surface area (Å²) >= 11 is 15.3. The summed E-state index contributed by atoms with van der Waals surface area (Å²) in [6, 6.07) is 10.3. The predicted molar refractivity (Wildman–Crippen MR) is 88.3 cm³/mol. The first-order chi connectivity index (χ1) is 10.0. The van der Waals surface area contributed by atoms with Gasteiger partial charge in [0.05, 0.1) is 12.7 Å². The van der Waals surface area contributed by atoms with Gasteiger partial charge in [0.15, 0.2) is 0 Å². The monoisotopic (exact) mass is 387 g/mol. The first kappa shape index (κ1) is 16.1. The molecule has 0 unspecified atom stereocenters. The zero-order valence-electron chi connectivity index (χ0n) is 11.1. The molecule has 1 amide bonds. The van der Waals surface area contributed by atoms with Crippen LogP contribution in [0.25, 0.3) is 0 Å². The van der Waals surface area contributed by atoms with Crippen molar-refractivity contribution in [3.63, 3.8) is 0 Å². The van der Waals surface area contributed by atoms with Crippen LogP contribution in [0.5, 0.6) is 5.75 Å². The van der Waals surface area contributed by atoms with Gasteiger partial charge in [-0.1, -0.05) is 29.3 Å². The summed E-state index contributed by atoms with van der Waals surface area (Å²) < 4.78 is 5.88. The van der Waals surface area contributed by atoms with E-state index in [1.807, 2.05) is 0 Å². The number of halogens is 3. The van der Waals surface area contributed by atoms with Gasteiger partial charge in [-0.3, -0.25) is 4.79 Å². The topological polar surface area (TPSA) is 38.3 Å². The van der Waals surface area contributed by atoms with Gasteiger partial charge in [0.1, 0.15) is 5.75 Å². The lowest BCUT2D eigenvalue weighted by Gasteiger charge is -2.12. The molecule has 0 aliphatic rings. The lowest BCUT2D eigenvalue weighted by atomic mass is 10.1. The minimum atomic E-state index is -0.222. The summed E-state index contributed by atoms with van der Waals surface area (Å²) in [5.74, 6) is 0.415. The molecule has 0 radical (unpaired) electrons. The quantitative estimate of drug-likeness (QED) is 0.824. The van der Waals surface area contributed by atoms with Gasteiger partial charge in [0.2, 0.25) is 0 Å². The molecule has 110 valence electrons. The highest BCUT2D eigenvalue weighted by Crippen LogP contribution is 2.26. The highest BCUT2D eigenvalue weighted by molar-refractivity contribution is 9.10. The first-order valence-electron chi connectivity index (χ1n) is 6.07. The standard InChI is InChI=1S/C15H12BrCl2NO2/c1-21-14-4-2-3-13(18)11(14)8-19-15(20)10-6-5-9(17)7-12(10)16/h2-7H,8H2,1H3,(H,19,20). The summed E-state index contributed by atoms with van der Waals surface area (Å²) in [6.45, 7) is 0.275. The van der Waals surface area contributed by atoms with Crippen LogP contribution < -0.4 is 10.1 Å². The Morgan fingerprint density at radius 3 is 2.71 bits per heavy atom. The molecule has 2 aromatic carbocycles. The van der Waals surface area contributed by atoms with Crippen molar-refractivity contribution in [2.24, 2.45) is 0 Å². The van der Waals surface area contributed by atoms with Crippen LogP contribution in [0.1, 0.15) is 15.9 Å². The van der Waals surface area contributed by atoms with E-state index in [1.165, 1.54) is 0 Å². The number of rotatable bonds is 4. The van der Waals surface area contributed by atoms with E-state index >= 15 is 0 Å². The first-order valence-corrected chi connectivity index (χ1v) is 7.62. The SMILES string of the molecule is COc1cccc(Cl)c1CNC(=O)c1ccc(Cl)cc1Br. The van der Waals surface area contributed by atoms with Crippen molar-refractivity contribution in [2.75, 3.05) is 7.11 Å². The number of carbonyl (C=O) groups excluding carboxylic acids is 1. The van der Waals surface area contributed by atoms with E-state index in [0.29, 0.717) is 25.8 Å². The summed E-state index contributed by atoms with van der Waals surface area (Å²) in [5.41, 5.74) is 1.24. The number of methoxy groups -OCH3 is 1. The van der Waals surface area contributed by atoms with Crippen LogP contribution in [0.2, 0.25) is 10.0 Å². The molecule has 2 aromatic rings. The molecule has 0 atom stereocenters. The number of carbonyl (C=O) groups is 1. The Balaban J connectivity index is 2.15. The van der Waals surface area contributed by atoms with Crippen LogP contribution in [0.4, 0.5) is 0 Å². The minimum Gasteiger partial charge on any atom is -0.496 e. The van der Waals surface area contributed by atoms with E-state index < -0.39 is 0 Å². The van der Waals surface area contributed by atoms with E-state index in [9.17, 15) is 4.79 Å². The number of ether oxygens (including phenoxy) is 1. The molecular weight excluding hydrogens is 377 g/mol. The van der Waals surface area contributed by atoms with Gasteiger partial charge in [-0.2, -0.15) is 0 Å². The molecule has 6 heteroatoms. The molecule has 0 saturated heterocycles. The molecule has 0 aromatic heterocycles. The molecule has 0 saturated carbocycles. The predicted octanol–water partition coefficient (Wildman–Crippen LogP) is 4.69. The Hall–Kier alpha value is -1.23. The maximum absolute atomic E-state index is 12.2. The van der Waals surface area contributed by atoms with E-state index in [1.54, 1.807) is 43.5 Å². The zero-order valence-corrected chi connectivity index (χ0v) is 14.2. The average molecular weight is 389 g/mol. The van der Waals surface area contributed by atoms with Crippen molar-refractivity contribution in [2.45, 2.75) is 6.54 Å². The van der Waals surface area contributed by atoms with Gasteiger partial charge in [0, 0.05) is 26.6 Å². The van der Waals surface area contributed by atoms with Crippen molar-refractivity contribution in [1.29, 1.82) is 0 Å². The largest absolute Gasteiger partial charge is 0.496 e. The molecule has 0 heterocycles. The Kier molecular flexibility index (Phi) is 5.51. The average Bonchev–Trinajstić information content (AvgIpc) is 2.45. The maximum Gasteiger partial charge on any atom is 0.252 e. The Morgan fingerprint density at radius 1 is 1.29 bits per heavy atom. The number of hydrogen-bond donors (Lipinski definition) is 1. The van der Waals surface area contributed by atoms with E-state index in [2.05, 4.69) is 21.2 Å². The van der Waals surface area contributed by atoms with E-state index in [-0.39, 0.29) is 12.5 Å². The fraction of sp³-hybridized carbons (Fsp3) is 0.133. The summed E-state index contributed by atoms with van der Waals surface area (Å²) in [4.78, 5) is 12.2. The Bertz CT molecular complexity index is 677. The van der Waals surface area contributed by atoms with Crippen LogP contribution in [-0.4, -0.2) is 13.0 Å². The minimum absolute atomic E-state index is 0.222. The lowest BCUT2D eigenvalue weighted by Crippen LogP contribution is -2.23. The van der Waals surface area contributed by atoms with E-state index in [0.717, 1.165) is 5.56 Å². The summed E-state index contributed by atoms with van der Waals surface area (Å²) in [5, 5.41) is 3.92. The highest BCUT2D eigenvalue weighted by Gasteiger charge is 2.13. The molecule has 0 aliphatic carbocycles. The summed E-state index contributed by atoms with van der Waals surface area (Å²) in [6.07, 6.45) is 0. The van der Waals surface area contributed by atoms with Gasteiger partial charge in [-0.05, 0) is 46.3 Å². The van der Waals surface area contributed by atoms with Gasteiger partial charge in [-0.15, -0.1) is 0 Å². The van der Waals surface area contributed by atoms with Gasteiger partial charge >= 0.3 is 0 Å². The second kappa shape index (κ2) is 7.16. The fourth-order valence-corrected chi connectivity index (χ4v) is 2.93. The fourth-order valence-electron chi connectivity index (χ4n) is 1.84. The van der Waals surface area contributed by atoms with Crippen molar-refractivity contribution < 1.29 is 9.53 Å². The normalized spacial score (nSPS) is 10.3. The second-order valence-electron chi connectivity index (χ2n) is 4.23. The number of hydrogen-bond acceptors (Lipinski definition) is 2. The molecule has 2 rings (SSSR count). The maximum atomic E-state index is 12.2. The van der Waals surface area contributed by atoms with Crippen molar-refractivity contribution in [3.8, 4) is 5.75 Å². The molecule has 0 fully saturated rings. The molecule has 21 heavy (non-hydrogen) atoms. The molecule has 1 N–H and O–H groups in total. The molecule has 3 nitrogen and oxygen atoms in total. The van der Waals surface area contributed by atoms with Crippen LogP contribution >= 0.6 is 39.1 Å². The number of amides is 1. The lowest BCUT2D eigenvalue weighted by molar-refractivity contribution is 0.0950. The number of nitrogens with one attached hydrogen (secondary N) is 1.